The number of hydrogen-bond acceptors (Lipinski definition) is 5. The number of nitrogens with one attached hydrogen (secondary N) is 1. The molecule has 20 heavy (non-hydrogen) atoms. The van der Waals surface area contributed by atoms with E-state index in [0.717, 1.165) is 0 Å². The molecule has 0 fully saturated rings. The van der Waals surface area contributed by atoms with Crippen molar-refractivity contribution in [1.82, 2.24) is 14.9 Å². The van der Waals surface area contributed by atoms with Crippen LogP contribution in [0.25, 0.3) is 0 Å². The first kappa shape index (κ1) is 15.7. The summed E-state index contributed by atoms with van der Waals surface area (Å²) in [7, 11) is 0. The third kappa shape index (κ3) is 5.51. The molecule has 0 aliphatic heterocycles. The van der Waals surface area contributed by atoms with Crippen molar-refractivity contribution in [2.45, 2.75) is 26.3 Å². The Kier molecular flexibility index (Phi) is 6.21. The lowest BCUT2D eigenvalue weighted by Gasteiger charge is -2.05. The van der Waals surface area contributed by atoms with Crippen LogP contribution in [0.4, 0.5) is 0 Å². The van der Waals surface area contributed by atoms with Crippen LogP contribution < -0.4 is 5.32 Å². The summed E-state index contributed by atoms with van der Waals surface area (Å²) in [5.41, 5.74) is -0.0429. The van der Waals surface area contributed by atoms with Gasteiger partial charge < -0.3 is 19.7 Å². The van der Waals surface area contributed by atoms with Crippen molar-refractivity contribution in [1.29, 1.82) is 0 Å². The van der Waals surface area contributed by atoms with E-state index in [2.05, 4.69) is 10.3 Å². The number of ether oxygens (including phenoxy) is 1. The predicted octanol–water partition coefficient (Wildman–Crippen LogP) is 0.0408. The number of carbonyl (C=O) groups excluding carboxylic acids is 2. The number of carboxylic acids is 1. The second-order valence-corrected chi connectivity index (χ2v) is 3.96. The van der Waals surface area contributed by atoms with Gasteiger partial charge in [-0.05, 0) is 6.92 Å². The fourth-order valence-electron chi connectivity index (χ4n) is 1.45. The largest absolute Gasteiger partial charge is 0.476 e. The molecule has 8 heteroatoms. The molecule has 0 aromatic carbocycles. The van der Waals surface area contributed by atoms with Gasteiger partial charge in [0, 0.05) is 25.7 Å². The van der Waals surface area contributed by atoms with Gasteiger partial charge in [-0.2, -0.15) is 0 Å². The van der Waals surface area contributed by atoms with Gasteiger partial charge in [-0.25, -0.2) is 9.78 Å². The molecule has 1 amide bonds. The molecular formula is C12H17N3O5. The van der Waals surface area contributed by atoms with Crippen molar-refractivity contribution in [2.75, 3.05) is 13.2 Å². The molecule has 1 rings (SSSR count). The summed E-state index contributed by atoms with van der Waals surface area (Å²) in [6.45, 7) is 2.74. The van der Waals surface area contributed by atoms with Gasteiger partial charge in [0.15, 0.2) is 5.69 Å². The molecule has 0 atom stereocenters. The van der Waals surface area contributed by atoms with Crippen LogP contribution in [0.15, 0.2) is 12.5 Å². The number of hydrogen-bond donors (Lipinski definition) is 2. The van der Waals surface area contributed by atoms with E-state index in [1.807, 2.05) is 0 Å². The summed E-state index contributed by atoms with van der Waals surface area (Å²) in [5.74, 6) is -1.75. The number of rotatable bonds is 8. The topological polar surface area (TPSA) is 111 Å². The fraction of sp³-hybridized carbons (Fsp3) is 0.500. The minimum Gasteiger partial charge on any atom is -0.476 e. The average Bonchev–Trinajstić information content (AvgIpc) is 2.86. The van der Waals surface area contributed by atoms with Crippen LogP contribution >= 0.6 is 0 Å². The van der Waals surface area contributed by atoms with Crippen molar-refractivity contribution in [3.63, 3.8) is 0 Å². The van der Waals surface area contributed by atoms with Gasteiger partial charge in [-0.3, -0.25) is 9.59 Å². The monoisotopic (exact) mass is 283 g/mol. The highest BCUT2D eigenvalue weighted by molar-refractivity contribution is 5.84. The lowest BCUT2D eigenvalue weighted by atomic mass is 10.3. The number of imidazole rings is 1. The first-order valence-corrected chi connectivity index (χ1v) is 6.20. The zero-order chi connectivity index (χ0) is 15.0. The molecule has 1 aromatic heterocycles. The summed E-state index contributed by atoms with van der Waals surface area (Å²) < 4.78 is 6.27. The second-order valence-electron chi connectivity index (χ2n) is 3.96. The van der Waals surface area contributed by atoms with E-state index in [0.29, 0.717) is 19.7 Å². The third-order valence-corrected chi connectivity index (χ3v) is 2.41. The zero-order valence-corrected chi connectivity index (χ0v) is 11.2. The summed E-state index contributed by atoms with van der Waals surface area (Å²) in [6.07, 6.45) is 2.89. The molecule has 1 aromatic rings. The van der Waals surface area contributed by atoms with Crippen LogP contribution in [0.2, 0.25) is 0 Å². The lowest BCUT2D eigenvalue weighted by Crippen LogP contribution is -2.27. The van der Waals surface area contributed by atoms with E-state index >= 15 is 0 Å². The molecule has 2 N–H and O–H groups in total. The number of esters is 1. The molecule has 0 spiro atoms. The Balaban J connectivity index is 2.21. The van der Waals surface area contributed by atoms with Crippen LogP contribution in [0.3, 0.4) is 0 Å². The van der Waals surface area contributed by atoms with E-state index in [1.54, 1.807) is 11.5 Å². The Morgan fingerprint density at radius 3 is 2.75 bits per heavy atom. The Labute approximate surface area is 115 Å². The highest BCUT2D eigenvalue weighted by Gasteiger charge is 2.08. The molecule has 0 aliphatic carbocycles. The van der Waals surface area contributed by atoms with E-state index in [1.165, 1.54) is 12.5 Å². The van der Waals surface area contributed by atoms with Crippen LogP contribution in [0.5, 0.6) is 0 Å². The van der Waals surface area contributed by atoms with Gasteiger partial charge in [-0.1, -0.05) is 0 Å². The minimum absolute atomic E-state index is 0.0429. The maximum Gasteiger partial charge on any atom is 0.356 e. The molecule has 1 heterocycles. The number of aromatic nitrogens is 2. The second kappa shape index (κ2) is 7.93. The predicted molar refractivity (Wildman–Crippen MR) is 68.1 cm³/mol. The summed E-state index contributed by atoms with van der Waals surface area (Å²) in [4.78, 5) is 36.7. The van der Waals surface area contributed by atoms with E-state index in [9.17, 15) is 14.4 Å². The van der Waals surface area contributed by atoms with Crippen LogP contribution in [0.1, 0.15) is 30.3 Å². The Hall–Kier alpha value is -2.38. The van der Waals surface area contributed by atoms with Crippen molar-refractivity contribution in [3.8, 4) is 0 Å². The van der Waals surface area contributed by atoms with Gasteiger partial charge in [-0.15, -0.1) is 0 Å². The van der Waals surface area contributed by atoms with E-state index < -0.39 is 11.9 Å². The van der Waals surface area contributed by atoms with E-state index in [4.69, 9.17) is 9.84 Å². The van der Waals surface area contributed by atoms with Crippen molar-refractivity contribution in [2.24, 2.45) is 0 Å². The van der Waals surface area contributed by atoms with Crippen molar-refractivity contribution < 1.29 is 24.2 Å². The smallest absolute Gasteiger partial charge is 0.356 e. The van der Waals surface area contributed by atoms with Gasteiger partial charge in [0.2, 0.25) is 5.91 Å². The van der Waals surface area contributed by atoms with Crippen LogP contribution in [0, 0.1) is 0 Å². The fourth-order valence-corrected chi connectivity index (χ4v) is 1.45. The Morgan fingerprint density at radius 1 is 1.40 bits per heavy atom. The van der Waals surface area contributed by atoms with Gasteiger partial charge >= 0.3 is 11.9 Å². The molecule has 0 saturated carbocycles. The molecule has 8 nitrogen and oxygen atoms in total. The highest BCUT2D eigenvalue weighted by Crippen LogP contribution is 1.96. The summed E-state index contributed by atoms with van der Waals surface area (Å²) >= 11 is 0. The summed E-state index contributed by atoms with van der Waals surface area (Å²) in [5, 5.41) is 11.3. The van der Waals surface area contributed by atoms with Gasteiger partial charge in [0.05, 0.1) is 19.4 Å². The van der Waals surface area contributed by atoms with Gasteiger partial charge in [0.25, 0.3) is 0 Å². The maximum absolute atomic E-state index is 11.4. The lowest BCUT2D eigenvalue weighted by molar-refractivity contribution is -0.144. The molecule has 0 aliphatic rings. The Bertz CT molecular complexity index is 483. The average molecular weight is 283 g/mol. The molecule has 110 valence electrons. The van der Waals surface area contributed by atoms with Crippen LogP contribution in [-0.2, 0) is 20.9 Å². The normalized spacial score (nSPS) is 10.1. The quantitative estimate of drug-likeness (QED) is 0.652. The third-order valence-electron chi connectivity index (χ3n) is 2.41. The number of nitrogens with zero attached hydrogens (tertiary/aromatic N) is 2. The molecule has 0 bridgehead atoms. The summed E-state index contributed by atoms with van der Waals surface area (Å²) in [6, 6.07) is 0. The van der Waals surface area contributed by atoms with E-state index in [-0.39, 0.29) is 24.4 Å². The molecular weight excluding hydrogens is 266 g/mol. The molecule has 0 saturated heterocycles. The number of carboxylic acid groups (broad SMARTS) is 1. The standard InChI is InChI=1S/C12H17N3O5/c1-2-20-11(17)4-3-10(16)13-5-6-15-7-9(12(18)19)14-8-15/h7-8H,2-6H2,1H3,(H,13,16)(H,18,19). The number of aromatic carboxylic acids is 1. The highest BCUT2D eigenvalue weighted by atomic mass is 16.5. The maximum atomic E-state index is 11.4. The number of carbonyl (C=O) groups is 3. The van der Waals surface area contributed by atoms with Gasteiger partial charge in [0.1, 0.15) is 0 Å². The zero-order valence-electron chi connectivity index (χ0n) is 11.2. The van der Waals surface area contributed by atoms with Crippen molar-refractivity contribution in [3.05, 3.63) is 18.2 Å². The number of amides is 1. The Morgan fingerprint density at radius 2 is 2.15 bits per heavy atom. The first-order chi connectivity index (χ1) is 9.52. The molecule has 0 radical (unpaired) electrons. The minimum atomic E-state index is -1.10. The van der Waals surface area contributed by atoms with Crippen molar-refractivity contribution >= 4 is 17.8 Å². The SMILES string of the molecule is CCOC(=O)CCC(=O)NCCn1cnc(C(=O)O)c1. The molecule has 0 unspecified atom stereocenters. The van der Waals surface area contributed by atoms with Crippen LogP contribution in [-0.4, -0.2) is 45.7 Å². The first-order valence-electron chi connectivity index (χ1n) is 6.20.